The summed E-state index contributed by atoms with van der Waals surface area (Å²) in [6.45, 7) is 6.73. The van der Waals surface area contributed by atoms with Crippen molar-refractivity contribution in [2.45, 2.75) is 32.7 Å². The Morgan fingerprint density at radius 3 is 2.45 bits per heavy atom. The lowest BCUT2D eigenvalue weighted by atomic mass is 9.91. The molecule has 0 aliphatic carbocycles. The second-order valence-electron chi connectivity index (χ2n) is 8.16. The summed E-state index contributed by atoms with van der Waals surface area (Å²) in [7, 11) is 0. The molecule has 4 aromatic rings. The Balaban J connectivity index is 1.64. The summed E-state index contributed by atoms with van der Waals surface area (Å²) >= 11 is 0. The number of hydrogen-bond donors (Lipinski definition) is 1. The van der Waals surface area contributed by atoms with Crippen LogP contribution in [0.15, 0.2) is 48.7 Å². The van der Waals surface area contributed by atoms with Crippen LogP contribution in [0.4, 0.5) is 14.7 Å². The zero-order valence-electron chi connectivity index (χ0n) is 17.3. The van der Waals surface area contributed by atoms with E-state index in [0.717, 1.165) is 17.5 Å². The van der Waals surface area contributed by atoms with Gasteiger partial charge in [-0.3, -0.25) is 4.98 Å². The summed E-state index contributed by atoms with van der Waals surface area (Å²) in [5.41, 5.74) is 8.50. The molecule has 0 saturated carbocycles. The molecule has 0 atom stereocenters. The monoisotopic (exact) mass is 421 g/mol. The van der Waals surface area contributed by atoms with Gasteiger partial charge in [-0.1, -0.05) is 38.1 Å². The Hall–Kier alpha value is -3.75. The van der Waals surface area contributed by atoms with Gasteiger partial charge in [0.1, 0.15) is 5.69 Å². The lowest BCUT2D eigenvalue weighted by Gasteiger charge is -2.18. The normalized spacial score (nSPS) is 11.6. The number of rotatable bonds is 4. The number of halogens is 2. The highest BCUT2D eigenvalue weighted by Crippen LogP contribution is 2.26. The lowest BCUT2D eigenvalue weighted by Crippen LogP contribution is -2.15. The van der Waals surface area contributed by atoms with E-state index in [0.29, 0.717) is 17.9 Å². The van der Waals surface area contributed by atoms with Gasteiger partial charge in [-0.2, -0.15) is 0 Å². The third-order valence-electron chi connectivity index (χ3n) is 4.67. The zero-order chi connectivity index (χ0) is 22.2. The largest absolute Gasteiger partial charge is 0.368 e. The van der Waals surface area contributed by atoms with Crippen molar-refractivity contribution in [2.75, 3.05) is 5.73 Å². The minimum Gasteiger partial charge on any atom is -0.368 e. The smallest absolute Gasteiger partial charge is 0.221 e. The van der Waals surface area contributed by atoms with E-state index >= 15 is 0 Å². The van der Waals surface area contributed by atoms with E-state index in [9.17, 15) is 8.78 Å². The molecule has 3 aromatic heterocycles. The Morgan fingerprint density at radius 1 is 0.935 bits per heavy atom. The number of pyridine rings is 1. The van der Waals surface area contributed by atoms with Crippen molar-refractivity contribution in [2.24, 2.45) is 0 Å². The first kappa shape index (κ1) is 20.5. The van der Waals surface area contributed by atoms with Crippen LogP contribution in [-0.2, 0) is 12.0 Å². The van der Waals surface area contributed by atoms with Gasteiger partial charge in [-0.05, 0) is 30.3 Å². The Labute approximate surface area is 178 Å². The molecule has 0 unspecified atom stereocenters. The first-order chi connectivity index (χ1) is 14.7. The molecule has 31 heavy (non-hydrogen) atoms. The quantitative estimate of drug-likeness (QED) is 0.535. The maximum atomic E-state index is 14.2. The summed E-state index contributed by atoms with van der Waals surface area (Å²) in [4.78, 5) is 12.9. The highest BCUT2D eigenvalue weighted by molar-refractivity contribution is 5.67. The molecular formula is C22H21F2N7. The summed E-state index contributed by atoms with van der Waals surface area (Å²) in [5, 5.41) is 8.28. The predicted molar refractivity (Wildman–Crippen MR) is 113 cm³/mol. The molecule has 9 heteroatoms. The minimum atomic E-state index is -1.000. The zero-order valence-corrected chi connectivity index (χ0v) is 17.3. The molecule has 0 saturated heterocycles. The van der Waals surface area contributed by atoms with Crippen molar-refractivity contribution in [3.8, 4) is 22.6 Å². The van der Waals surface area contributed by atoms with Crippen molar-refractivity contribution in [3.63, 3.8) is 0 Å². The first-order valence-electron chi connectivity index (χ1n) is 9.66. The van der Waals surface area contributed by atoms with E-state index in [1.165, 1.54) is 18.2 Å². The van der Waals surface area contributed by atoms with Gasteiger partial charge in [-0.25, -0.2) is 23.4 Å². The van der Waals surface area contributed by atoms with Crippen molar-refractivity contribution in [1.82, 2.24) is 29.9 Å². The van der Waals surface area contributed by atoms with Gasteiger partial charge in [0.15, 0.2) is 11.6 Å². The van der Waals surface area contributed by atoms with Gasteiger partial charge in [0.2, 0.25) is 5.95 Å². The van der Waals surface area contributed by atoms with Gasteiger partial charge in [0, 0.05) is 16.7 Å². The average molecular weight is 421 g/mol. The molecule has 0 amide bonds. The number of nitrogens with zero attached hydrogens (tertiary/aromatic N) is 6. The van der Waals surface area contributed by atoms with Crippen molar-refractivity contribution >= 4 is 5.95 Å². The van der Waals surface area contributed by atoms with Crippen LogP contribution in [0.25, 0.3) is 22.6 Å². The highest BCUT2D eigenvalue weighted by Gasteiger charge is 2.17. The number of aromatic nitrogens is 6. The maximum absolute atomic E-state index is 14.2. The Morgan fingerprint density at radius 2 is 1.68 bits per heavy atom. The molecule has 158 valence electrons. The second-order valence-corrected chi connectivity index (χ2v) is 8.16. The molecule has 2 N–H and O–H groups in total. The van der Waals surface area contributed by atoms with Crippen LogP contribution in [0.1, 0.15) is 32.2 Å². The van der Waals surface area contributed by atoms with E-state index in [1.54, 1.807) is 10.9 Å². The summed E-state index contributed by atoms with van der Waals surface area (Å²) < 4.78 is 29.5. The summed E-state index contributed by atoms with van der Waals surface area (Å²) in [6.07, 6.45) is 1.69. The molecule has 0 aliphatic heterocycles. The fourth-order valence-electron chi connectivity index (χ4n) is 3.08. The van der Waals surface area contributed by atoms with Crippen LogP contribution >= 0.6 is 0 Å². The fourth-order valence-corrected chi connectivity index (χ4v) is 3.08. The molecule has 4 rings (SSSR count). The van der Waals surface area contributed by atoms with Crippen LogP contribution in [0, 0.1) is 11.6 Å². The predicted octanol–water partition coefficient (Wildman–Crippen LogP) is 4.00. The molecular weight excluding hydrogens is 400 g/mol. The lowest BCUT2D eigenvalue weighted by molar-refractivity contribution is 0.511. The molecule has 0 spiro atoms. The SMILES string of the molecule is CC(C)(C)c1cccc(Cn2cc(-c3cc(-c4cccc(F)c4F)nc(N)n3)nn2)n1. The third-order valence-corrected chi connectivity index (χ3v) is 4.67. The van der Waals surface area contributed by atoms with E-state index < -0.39 is 11.6 Å². The van der Waals surface area contributed by atoms with E-state index in [4.69, 9.17) is 10.7 Å². The molecule has 0 bridgehead atoms. The van der Waals surface area contributed by atoms with Gasteiger partial charge >= 0.3 is 0 Å². The summed E-state index contributed by atoms with van der Waals surface area (Å²) in [5.74, 6) is -2.04. The van der Waals surface area contributed by atoms with Crippen molar-refractivity contribution in [3.05, 3.63) is 71.7 Å². The van der Waals surface area contributed by atoms with Crippen molar-refractivity contribution in [1.29, 1.82) is 0 Å². The second kappa shape index (κ2) is 7.82. The Bertz CT molecular complexity index is 1240. The van der Waals surface area contributed by atoms with Gasteiger partial charge in [-0.15, -0.1) is 5.10 Å². The van der Waals surface area contributed by atoms with E-state index in [-0.39, 0.29) is 22.6 Å². The standard InChI is InChI=1S/C22H21F2N7/c1-22(2,3)19-9-4-6-13(26-19)11-31-12-18(29-30-31)17-10-16(27-21(25)28-17)14-7-5-8-15(23)20(14)24/h4-10,12H,11H2,1-3H3,(H2,25,27,28). The maximum Gasteiger partial charge on any atom is 0.221 e. The first-order valence-corrected chi connectivity index (χ1v) is 9.66. The number of hydrogen-bond acceptors (Lipinski definition) is 6. The summed E-state index contributed by atoms with van der Waals surface area (Å²) in [6, 6.07) is 11.2. The fraction of sp³-hybridized carbons (Fsp3) is 0.227. The number of benzene rings is 1. The number of nitrogen functional groups attached to an aromatic ring is 1. The van der Waals surface area contributed by atoms with Crippen molar-refractivity contribution < 1.29 is 8.78 Å². The molecule has 0 aliphatic rings. The van der Waals surface area contributed by atoms with Crippen LogP contribution < -0.4 is 5.73 Å². The average Bonchev–Trinajstić information content (AvgIpc) is 3.18. The minimum absolute atomic E-state index is 0.00839. The Kier molecular flexibility index (Phi) is 5.18. The van der Waals surface area contributed by atoms with Gasteiger partial charge in [0.25, 0.3) is 0 Å². The molecule has 0 radical (unpaired) electrons. The molecule has 1 aromatic carbocycles. The van der Waals surface area contributed by atoms with Crippen LogP contribution in [0.5, 0.6) is 0 Å². The van der Waals surface area contributed by atoms with Crippen LogP contribution in [0.3, 0.4) is 0 Å². The third kappa shape index (κ3) is 4.40. The number of nitrogens with two attached hydrogens (primary N) is 1. The van der Waals surface area contributed by atoms with Crippen LogP contribution in [-0.4, -0.2) is 29.9 Å². The number of anilines is 1. The molecule has 0 fully saturated rings. The highest BCUT2D eigenvalue weighted by atomic mass is 19.2. The van der Waals surface area contributed by atoms with Crippen LogP contribution in [0.2, 0.25) is 0 Å². The topological polar surface area (TPSA) is 95.4 Å². The van der Waals surface area contributed by atoms with E-state index in [2.05, 4.69) is 41.1 Å². The van der Waals surface area contributed by atoms with Gasteiger partial charge < -0.3 is 5.73 Å². The molecule has 7 nitrogen and oxygen atoms in total. The van der Waals surface area contributed by atoms with E-state index in [1.807, 2.05) is 18.2 Å². The molecule has 3 heterocycles. The van der Waals surface area contributed by atoms with Gasteiger partial charge in [0.05, 0.1) is 29.8 Å².